The highest BCUT2D eigenvalue weighted by Gasteiger charge is 2.47. The number of rotatable bonds is 4. The number of pyridine rings is 1. The van der Waals surface area contributed by atoms with E-state index in [-0.39, 0.29) is 21.8 Å². The quantitative estimate of drug-likeness (QED) is 0.368. The number of carbonyl (C=O) groups excluding carboxylic acids is 2. The van der Waals surface area contributed by atoms with Crippen LogP contribution in [0.3, 0.4) is 0 Å². The average Bonchev–Trinajstić information content (AvgIpc) is 3.04. The number of carbonyl (C=O) groups is 2. The molecule has 1 aromatic heterocycles. The van der Waals surface area contributed by atoms with Crippen LogP contribution < -0.4 is 9.64 Å². The Morgan fingerprint density at radius 2 is 1.97 bits per heavy atom. The second kappa shape index (κ2) is 8.20. The lowest BCUT2D eigenvalue weighted by Gasteiger charge is -2.25. The van der Waals surface area contributed by atoms with E-state index in [9.17, 15) is 19.1 Å². The minimum Gasteiger partial charge on any atom is -0.507 e. The molecule has 0 bridgehead atoms. The van der Waals surface area contributed by atoms with Gasteiger partial charge < -0.3 is 9.84 Å². The molecule has 31 heavy (non-hydrogen) atoms. The number of hydrogen-bond donors (Lipinski definition) is 1. The molecule has 2 heterocycles. The average molecular weight is 439 g/mol. The number of ether oxygens (including phenoxy) is 1. The molecule has 1 unspecified atom stereocenters. The molecule has 1 amide bonds. The van der Waals surface area contributed by atoms with Crippen molar-refractivity contribution in [3.63, 3.8) is 0 Å². The van der Waals surface area contributed by atoms with Gasteiger partial charge in [-0.2, -0.15) is 0 Å². The number of anilines is 1. The predicted octanol–water partition coefficient (Wildman–Crippen LogP) is 4.51. The van der Waals surface area contributed by atoms with Gasteiger partial charge >= 0.3 is 0 Å². The van der Waals surface area contributed by atoms with E-state index < -0.39 is 29.3 Å². The van der Waals surface area contributed by atoms with E-state index in [0.29, 0.717) is 11.3 Å². The summed E-state index contributed by atoms with van der Waals surface area (Å²) in [4.78, 5) is 31.2. The Kier molecular flexibility index (Phi) is 5.44. The molecular formula is C23H16ClFN2O4. The highest BCUT2D eigenvalue weighted by molar-refractivity contribution is 6.51. The molecule has 0 spiro atoms. The van der Waals surface area contributed by atoms with Crippen molar-refractivity contribution in [3.05, 3.63) is 94.5 Å². The van der Waals surface area contributed by atoms with Gasteiger partial charge in [0, 0.05) is 23.6 Å². The molecule has 2 aromatic carbocycles. The fraction of sp³-hybridized carbons (Fsp3) is 0.0870. The molecule has 0 saturated carbocycles. The van der Waals surface area contributed by atoms with Crippen molar-refractivity contribution in [1.82, 2.24) is 4.98 Å². The molecule has 1 aliphatic rings. The molecule has 1 atom stereocenters. The van der Waals surface area contributed by atoms with E-state index in [0.717, 1.165) is 11.0 Å². The van der Waals surface area contributed by atoms with Crippen LogP contribution in [0, 0.1) is 5.82 Å². The van der Waals surface area contributed by atoms with E-state index >= 15 is 0 Å². The number of aliphatic hydroxyl groups excluding tert-OH is 1. The first-order valence-electron chi connectivity index (χ1n) is 9.22. The summed E-state index contributed by atoms with van der Waals surface area (Å²) in [5.74, 6) is -2.37. The maximum atomic E-state index is 13.9. The van der Waals surface area contributed by atoms with Gasteiger partial charge in [0.25, 0.3) is 11.7 Å². The van der Waals surface area contributed by atoms with E-state index in [1.165, 1.54) is 43.6 Å². The SMILES string of the molecule is COc1ccc(/C(O)=C2\C(=O)C(=O)N(c3cccc(F)c3)C2c2cccnc2)cc1Cl. The van der Waals surface area contributed by atoms with Crippen LogP contribution in [-0.4, -0.2) is 28.9 Å². The van der Waals surface area contributed by atoms with Gasteiger partial charge in [-0.3, -0.25) is 19.5 Å². The molecule has 1 fully saturated rings. The molecular weight excluding hydrogens is 423 g/mol. The highest BCUT2D eigenvalue weighted by atomic mass is 35.5. The molecule has 3 aromatic rings. The first-order chi connectivity index (χ1) is 14.9. The first-order valence-corrected chi connectivity index (χ1v) is 9.60. The second-order valence-electron chi connectivity index (χ2n) is 6.78. The van der Waals surface area contributed by atoms with Gasteiger partial charge in [0.05, 0.1) is 23.7 Å². The number of Topliss-reactive ketones (excluding diaryl/α,β-unsaturated/α-hetero) is 1. The normalized spacial score (nSPS) is 17.8. The number of nitrogens with zero attached hydrogens (tertiary/aromatic N) is 2. The first kappa shape index (κ1) is 20.6. The summed E-state index contributed by atoms with van der Waals surface area (Å²) in [7, 11) is 1.45. The second-order valence-corrected chi connectivity index (χ2v) is 7.19. The molecule has 8 heteroatoms. The van der Waals surface area contributed by atoms with Crippen molar-refractivity contribution >= 4 is 34.7 Å². The lowest BCUT2D eigenvalue weighted by atomic mass is 9.96. The van der Waals surface area contributed by atoms with E-state index in [2.05, 4.69) is 4.98 Å². The molecule has 1 N–H and O–H groups in total. The third-order valence-corrected chi connectivity index (χ3v) is 5.25. The molecule has 156 valence electrons. The van der Waals surface area contributed by atoms with Crippen LogP contribution in [0.1, 0.15) is 17.2 Å². The summed E-state index contributed by atoms with van der Waals surface area (Å²) >= 11 is 6.17. The molecule has 0 aliphatic carbocycles. The Bertz CT molecular complexity index is 1210. The van der Waals surface area contributed by atoms with Crippen molar-refractivity contribution in [2.24, 2.45) is 0 Å². The van der Waals surface area contributed by atoms with Crippen LogP contribution in [0.15, 0.2) is 72.6 Å². The Balaban J connectivity index is 1.93. The van der Waals surface area contributed by atoms with Gasteiger partial charge in [-0.05, 0) is 48.0 Å². The third-order valence-electron chi connectivity index (χ3n) is 4.96. The monoisotopic (exact) mass is 438 g/mol. The number of ketones is 1. The fourth-order valence-electron chi connectivity index (χ4n) is 3.55. The number of hydrogen-bond acceptors (Lipinski definition) is 5. The van der Waals surface area contributed by atoms with Gasteiger partial charge in [0.15, 0.2) is 0 Å². The summed E-state index contributed by atoms with van der Waals surface area (Å²) in [5, 5.41) is 11.3. The molecule has 1 aliphatic heterocycles. The Hall–Kier alpha value is -3.71. The van der Waals surface area contributed by atoms with E-state index in [4.69, 9.17) is 16.3 Å². The summed E-state index contributed by atoms with van der Waals surface area (Å²) in [5.41, 5.74) is 0.746. The molecule has 0 radical (unpaired) electrons. The summed E-state index contributed by atoms with van der Waals surface area (Å²) in [6, 6.07) is 12.2. The number of methoxy groups -OCH3 is 1. The van der Waals surface area contributed by atoms with Crippen molar-refractivity contribution in [3.8, 4) is 5.75 Å². The largest absolute Gasteiger partial charge is 0.507 e. The maximum absolute atomic E-state index is 13.9. The standard InChI is InChI=1S/C23H16ClFN2O4/c1-31-18-8-7-13(10-17(18)24)21(28)19-20(14-4-3-9-26-12-14)27(23(30)22(19)29)16-6-2-5-15(25)11-16/h2-12,20,28H,1H3/b21-19+. The zero-order chi connectivity index (χ0) is 22.1. The van der Waals surface area contributed by atoms with Crippen LogP contribution in [0.4, 0.5) is 10.1 Å². The number of amides is 1. The van der Waals surface area contributed by atoms with E-state index in [1.807, 2.05) is 0 Å². The maximum Gasteiger partial charge on any atom is 0.300 e. The lowest BCUT2D eigenvalue weighted by molar-refractivity contribution is -0.132. The summed E-state index contributed by atoms with van der Waals surface area (Å²) < 4.78 is 19.0. The van der Waals surface area contributed by atoms with Crippen molar-refractivity contribution in [2.75, 3.05) is 12.0 Å². The fourth-order valence-corrected chi connectivity index (χ4v) is 3.80. The van der Waals surface area contributed by atoms with Crippen LogP contribution in [0.2, 0.25) is 5.02 Å². The zero-order valence-corrected chi connectivity index (χ0v) is 17.0. The number of halogens is 2. The van der Waals surface area contributed by atoms with Gasteiger partial charge in [-0.1, -0.05) is 23.7 Å². The van der Waals surface area contributed by atoms with E-state index in [1.54, 1.807) is 24.4 Å². The summed E-state index contributed by atoms with van der Waals surface area (Å²) in [6.45, 7) is 0. The van der Waals surface area contributed by atoms with Crippen LogP contribution in [0.25, 0.3) is 5.76 Å². The van der Waals surface area contributed by atoms with Crippen molar-refractivity contribution < 1.29 is 23.8 Å². The molecule has 6 nitrogen and oxygen atoms in total. The molecule has 4 rings (SSSR count). The number of aromatic nitrogens is 1. The van der Waals surface area contributed by atoms with Crippen molar-refractivity contribution in [2.45, 2.75) is 6.04 Å². The Morgan fingerprint density at radius 3 is 2.61 bits per heavy atom. The Morgan fingerprint density at radius 1 is 1.16 bits per heavy atom. The number of benzene rings is 2. The van der Waals surface area contributed by atoms with Crippen LogP contribution in [-0.2, 0) is 9.59 Å². The smallest absolute Gasteiger partial charge is 0.300 e. The lowest BCUT2D eigenvalue weighted by Crippen LogP contribution is -2.29. The minimum atomic E-state index is -1.00. The van der Waals surface area contributed by atoms with Gasteiger partial charge in [0.2, 0.25) is 0 Å². The molecule has 1 saturated heterocycles. The predicted molar refractivity (Wildman–Crippen MR) is 113 cm³/mol. The van der Waals surface area contributed by atoms with Gasteiger partial charge in [0.1, 0.15) is 17.3 Å². The third kappa shape index (κ3) is 3.64. The van der Waals surface area contributed by atoms with Gasteiger partial charge in [-0.15, -0.1) is 0 Å². The van der Waals surface area contributed by atoms with Crippen LogP contribution in [0.5, 0.6) is 5.75 Å². The van der Waals surface area contributed by atoms with Gasteiger partial charge in [-0.25, -0.2) is 4.39 Å². The number of aliphatic hydroxyl groups is 1. The zero-order valence-electron chi connectivity index (χ0n) is 16.3. The summed E-state index contributed by atoms with van der Waals surface area (Å²) in [6.07, 6.45) is 3.03. The van der Waals surface area contributed by atoms with Crippen molar-refractivity contribution in [1.29, 1.82) is 0 Å². The Labute approximate surface area is 182 Å². The van der Waals surface area contributed by atoms with Crippen LogP contribution >= 0.6 is 11.6 Å². The highest BCUT2D eigenvalue weighted by Crippen LogP contribution is 2.42. The minimum absolute atomic E-state index is 0.150. The topological polar surface area (TPSA) is 79.7 Å².